The number of nitrogens with zero attached hydrogens (tertiary/aromatic N) is 1. The molecule has 2 aromatic carbocycles. The fraction of sp³-hybridized carbons (Fsp3) is 0.263. The molecule has 0 aliphatic carbocycles. The maximum atomic E-state index is 12.1. The number of aryl methyl sites for hydroxylation is 2. The van der Waals surface area contributed by atoms with E-state index in [2.05, 4.69) is 10.6 Å². The average Bonchev–Trinajstić information content (AvgIpc) is 2.56. The van der Waals surface area contributed by atoms with Gasteiger partial charge in [0.1, 0.15) is 0 Å². The number of nitrogens with one attached hydrogen (secondary N) is 2. The van der Waals surface area contributed by atoms with Crippen LogP contribution >= 0.6 is 0 Å². The Morgan fingerprint density at radius 2 is 1.71 bits per heavy atom. The molecule has 24 heavy (non-hydrogen) atoms. The zero-order chi connectivity index (χ0) is 17.7. The topological polar surface area (TPSA) is 61.4 Å². The molecule has 5 heteroatoms. The quantitative estimate of drug-likeness (QED) is 0.888. The van der Waals surface area contributed by atoms with Crippen molar-refractivity contribution in [3.63, 3.8) is 0 Å². The van der Waals surface area contributed by atoms with Crippen LogP contribution in [0.5, 0.6) is 0 Å². The van der Waals surface area contributed by atoms with Gasteiger partial charge >= 0.3 is 0 Å². The summed E-state index contributed by atoms with van der Waals surface area (Å²) in [6, 6.07) is 12.9. The Morgan fingerprint density at radius 3 is 2.38 bits per heavy atom. The molecule has 0 spiro atoms. The molecule has 0 radical (unpaired) electrons. The Kier molecular flexibility index (Phi) is 5.58. The molecular formula is C19H23N3O2. The van der Waals surface area contributed by atoms with Crippen LogP contribution in [0.1, 0.15) is 21.5 Å². The van der Waals surface area contributed by atoms with Crippen molar-refractivity contribution >= 4 is 23.2 Å². The Balaban J connectivity index is 1.95. The van der Waals surface area contributed by atoms with Crippen molar-refractivity contribution in [2.75, 3.05) is 31.3 Å². The van der Waals surface area contributed by atoms with Gasteiger partial charge in [0.25, 0.3) is 5.91 Å². The summed E-state index contributed by atoms with van der Waals surface area (Å²) in [5.74, 6) is -0.208. The van der Waals surface area contributed by atoms with Crippen LogP contribution in [-0.2, 0) is 4.79 Å². The third-order valence-corrected chi connectivity index (χ3v) is 3.76. The minimum absolute atomic E-state index is 0.0711. The molecule has 0 saturated heterocycles. The van der Waals surface area contributed by atoms with Crippen LogP contribution in [0.15, 0.2) is 42.5 Å². The number of benzene rings is 2. The lowest BCUT2D eigenvalue weighted by atomic mass is 10.1. The number of carbonyl (C=O) groups is 2. The SMILES string of the molecule is Cc1ccc(NC(=O)CNc2cccc(C(=O)N(C)C)c2)cc1C. The largest absolute Gasteiger partial charge is 0.376 e. The van der Waals surface area contributed by atoms with Gasteiger partial charge in [0.2, 0.25) is 5.91 Å². The Bertz CT molecular complexity index is 754. The molecule has 0 fully saturated rings. The Morgan fingerprint density at radius 1 is 0.958 bits per heavy atom. The fourth-order valence-corrected chi connectivity index (χ4v) is 2.23. The lowest BCUT2D eigenvalue weighted by Gasteiger charge is -2.12. The van der Waals surface area contributed by atoms with Crippen molar-refractivity contribution in [2.45, 2.75) is 13.8 Å². The first-order valence-electron chi connectivity index (χ1n) is 7.79. The minimum atomic E-state index is -0.136. The van der Waals surface area contributed by atoms with Gasteiger partial charge in [-0.2, -0.15) is 0 Å². The molecule has 0 atom stereocenters. The maximum absolute atomic E-state index is 12.1. The van der Waals surface area contributed by atoms with E-state index in [0.717, 1.165) is 16.9 Å². The van der Waals surface area contributed by atoms with Gasteiger partial charge in [-0.25, -0.2) is 0 Å². The highest BCUT2D eigenvalue weighted by atomic mass is 16.2. The van der Waals surface area contributed by atoms with E-state index >= 15 is 0 Å². The average molecular weight is 325 g/mol. The second-order valence-corrected chi connectivity index (χ2v) is 5.98. The lowest BCUT2D eigenvalue weighted by Crippen LogP contribution is -2.23. The molecule has 0 bridgehead atoms. The first-order valence-corrected chi connectivity index (χ1v) is 7.79. The van der Waals surface area contributed by atoms with Gasteiger partial charge in [-0.3, -0.25) is 9.59 Å². The summed E-state index contributed by atoms with van der Waals surface area (Å²) < 4.78 is 0. The number of anilines is 2. The second-order valence-electron chi connectivity index (χ2n) is 5.98. The first-order chi connectivity index (χ1) is 11.4. The standard InChI is InChI=1S/C19H23N3O2/c1-13-8-9-17(10-14(13)2)21-18(23)12-20-16-7-5-6-15(11-16)19(24)22(3)4/h5-11,20H,12H2,1-4H3,(H,21,23). The summed E-state index contributed by atoms with van der Waals surface area (Å²) >= 11 is 0. The van der Waals surface area contributed by atoms with Crippen LogP contribution in [-0.4, -0.2) is 37.4 Å². The number of hydrogen-bond donors (Lipinski definition) is 2. The Hall–Kier alpha value is -2.82. The molecule has 0 saturated carbocycles. The van der Waals surface area contributed by atoms with Crippen LogP contribution in [0, 0.1) is 13.8 Å². The molecule has 0 aliphatic rings. The molecule has 0 aliphatic heterocycles. The molecule has 2 rings (SSSR count). The highest BCUT2D eigenvalue weighted by molar-refractivity contribution is 5.96. The smallest absolute Gasteiger partial charge is 0.253 e. The van der Waals surface area contributed by atoms with Crippen LogP contribution in [0.4, 0.5) is 11.4 Å². The lowest BCUT2D eigenvalue weighted by molar-refractivity contribution is -0.114. The van der Waals surface area contributed by atoms with Crippen LogP contribution in [0.3, 0.4) is 0 Å². The van der Waals surface area contributed by atoms with Gasteiger partial charge in [-0.05, 0) is 55.3 Å². The summed E-state index contributed by atoms with van der Waals surface area (Å²) in [4.78, 5) is 25.5. The monoisotopic (exact) mass is 325 g/mol. The van der Waals surface area contributed by atoms with E-state index in [0.29, 0.717) is 5.56 Å². The van der Waals surface area contributed by atoms with Crippen molar-refractivity contribution in [3.05, 3.63) is 59.2 Å². The normalized spacial score (nSPS) is 10.2. The third kappa shape index (κ3) is 4.59. The van der Waals surface area contributed by atoms with Crippen molar-refractivity contribution in [1.82, 2.24) is 4.90 Å². The molecule has 5 nitrogen and oxygen atoms in total. The van der Waals surface area contributed by atoms with E-state index in [1.807, 2.05) is 38.1 Å². The van der Waals surface area contributed by atoms with Crippen molar-refractivity contribution < 1.29 is 9.59 Å². The second kappa shape index (κ2) is 7.64. The van der Waals surface area contributed by atoms with Gasteiger partial charge in [0, 0.05) is 31.0 Å². The Labute approximate surface area is 142 Å². The molecule has 0 heterocycles. The molecular weight excluding hydrogens is 302 g/mol. The zero-order valence-electron chi connectivity index (χ0n) is 14.5. The molecule has 2 amide bonds. The van der Waals surface area contributed by atoms with Gasteiger partial charge in [-0.1, -0.05) is 12.1 Å². The number of carbonyl (C=O) groups excluding carboxylic acids is 2. The van der Waals surface area contributed by atoms with E-state index < -0.39 is 0 Å². The summed E-state index contributed by atoms with van der Waals surface area (Å²) in [6.07, 6.45) is 0. The fourth-order valence-electron chi connectivity index (χ4n) is 2.23. The van der Waals surface area contributed by atoms with E-state index in [4.69, 9.17) is 0 Å². The van der Waals surface area contributed by atoms with Crippen LogP contribution < -0.4 is 10.6 Å². The van der Waals surface area contributed by atoms with E-state index in [1.54, 1.807) is 32.3 Å². The molecule has 2 aromatic rings. The highest BCUT2D eigenvalue weighted by Crippen LogP contribution is 2.15. The number of rotatable bonds is 5. The minimum Gasteiger partial charge on any atom is -0.376 e. The first kappa shape index (κ1) is 17.5. The van der Waals surface area contributed by atoms with Gasteiger partial charge in [-0.15, -0.1) is 0 Å². The van der Waals surface area contributed by atoms with E-state index in [1.165, 1.54) is 10.5 Å². The van der Waals surface area contributed by atoms with Gasteiger partial charge in [0.15, 0.2) is 0 Å². The molecule has 0 unspecified atom stereocenters. The molecule has 126 valence electrons. The van der Waals surface area contributed by atoms with Crippen molar-refractivity contribution in [3.8, 4) is 0 Å². The van der Waals surface area contributed by atoms with E-state index in [9.17, 15) is 9.59 Å². The predicted molar refractivity (Wildman–Crippen MR) is 97.5 cm³/mol. The van der Waals surface area contributed by atoms with Crippen LogP contribution in [0.2, 0.25) is 0 Å². The predicted octanol–water partition coefficient (Wildman–Crippen LogP) is 3.06. The van der Waals surface area contributed by atoms with Crippen molar-refractivity contribution in [1.29, 1.82) is 0 Å². The summed E-state index contributed by atoms with van der Waals surface area (Å²) in [6.45, 7) is 4.17. The number of hydrogen-bond acceptors (Lipinski definition) is 3. The highest BCUT2D eigenvalue weighted by Gasteiger charge is 2.09. The maximum Gasteiger partial charge on any atom is 0.253 e. The van der Waals surface area contributed by atoms with Crippen LogP contribution in [0.25, 0.3) is 0 Å². The van der Waals surface area contributed by atoms with E-state index in [-0.39, 0.29) is 18.4 Å². The summed E-state index contributed by atoms with van der Waals surface area (Å²) in [7, 11) is 3.42. The molecule has 0 aromatic heterocycles. The van der Waals surface area contributed by atoms with Gasteiger partial charge < -0.3 is 15.5 Å². The molecule has 2 N–H and O–H groups in total. The number of amides is 2. The van der Waals surface area contributed by atoms with Gasteiger partial charge in [0.05, 0.1) is 6.54 Å². The zero-order valence-corrected chi connectivity index (χ0v) is 14.5. The summed E-state index contributed by atoms with van der Waals surface area (Å²) in [5.41, 5.74) is 4.42. The third-order valence-electron chi connectivity index (χ3n) is 3.76. The van der Waals surface area contributed by atoms with Crippen molar-refractivity contribution in [2.24, 2.45) is 0 Å². The summed E-state index contributed by atoms with van der Waals surface area (Å²) in [5, 5.41) is 5.90.